The first kappa shape index (κ1) is 18.8. The van der Waals surface area contributed by atoms with Crippen LogP contribution in [-0.4, -0.2) is 12.0 Å². The van der Waals surface area contributed by atoms with Crippen LogP contribution >= 0.6 is 0 Å². The number of carbonyl (C=O) groups excluding carboxylic acids is 1. The Kier molecular flexibility index (Phi) is 5.10. The lowest BCUT2D eigenvalue weighted by Gasteiger charge is -2.14. The third-order valence-electron chi connectivity index (χ3n) is 4.38. The Balaban J connectivity index is 2.02. The maximum atomic E-state index is 13.2. The zero-order chi connectivity index (χ0) is 19.7. The molecule has 0 aliphatic heterocycles. The SMILES string of the molecule is Cc1oc2cc(OC(=O)C(N)C(C)C)ccc2c(=O)c1-c1ccc(F)cc1. The van der Waals surface area contributed by atoms with Crippen LogP contribution in [0.25, 0.3) is 22.1 Å². The van der Waals surface area contributed by atoms with Gasteiger partial charge >= 0.3 is 5.97 Å². The molecule has 5 nitrogen and oxygen atoms in total. The summed E-state index contributed by atoms with van der Waals surface area (Å²) in [6.07, 6.45) is 0. The topological polar surface area (TPSA) is 82.5 Å². The Hall–Kier alpha value is -2.99. The number of rotatable bonds is 4. The molecule has 0 saturated carbocycles. The fourth-order valence-corrected chi connectivity index (χ4v) is 2.76. The van der Waals surface area contributed by atoms with Crippen molar-refractivity contribution >= 4 is 16.9 Å². The summed E-state index contributed by atoms with van der Waals surface area (Å²) in [4.78, 5) is 24.9. The zero-order valence-corrected chi connectivity index (χ0v) is 15.3. The van der Waals surface area contributed by atoms with Crippen LogP contribution in [0.15, 0.2) is 51.7 Å². The summed E-state index contributed by atoms with van der Waals surface area (Å²) >= 11 is 0. The van der Waals surface area contributed by atoms with Crippen LogP contribution in [0.5, 0.6) is 5.75 Å². The normalized spacial score (nSPS) is 12.4. The Morgan fingerprint density at radius 1 is 1.15 bits per heavy atom. The number of hydrogen-bond donors (Lipinski definition) is 1. The molecule has 27 heavy (non-hydrogen) atoms. The summed E-state index contributed by atoms with van der Waals surface area (Å²) in [6.45, 7) is 5.31. The Bertz CT molecular complexity index is 1050. The van der Waals surface area contributed by atoms with Crippen molar-refractivity contribution in [2.24, 2.45) is 11.7 Å². The highest BCUT2D eigenvalue weighted by Crippen LogP contribution is 2.26. The summed E-state index contributed by atoms with van der Waals surface area (Å²) in [5.41, 5.74) is 6.79. The number of aryl methyl sites for hydroxylation is 1. The van der Waals surface area contributed by atoms with Gasteiger partial charge in [0, 0.05) is 6.07 Å². The van der Waals surface area contributed by atoms with Crippen molar-refractivity contribution in [2.45, 2.75) is 26.8 Å². The smallest absolute Gasteiger partial charge is 0.328 e. The van der Waals surface area contributed by atoms with Crippen LogP contribution in [0.3, 0.4) is 0 Å². The first-order valence-electron chi connectivity index (χ1n) is 8.58. The summed E-state index contributed by atoms with van der Waals surface area (Å²) in [5.74, 6) is -0.349. The molecule has 0 amide bonds. The molecule has 0 aliphatic rings. The number of nitrogens with two attached hydrogens (primary N) is 1. The van der Waals surface area contributed by atoms with Gasteiger partial charge in [-0.1, -0.05) is 26.0 Å². The van der Waals surface area contributed by atoms with Gasteiger partial charge in [0.2, 0.25) is 5.43 Å². The number of ether oxygens (including phenoxy) is 1. The Morgan fingerprint density at radius 2 is 1.81 bits per heavy atom. The second-order valence-electron chi connectivity index (χ2n) is 6.72. The van der Waals surface area contributed by atoms with Gasteiger partial charge in [-0.3, -0.25) is 4.79 Å². The van der Waals surface area contributed by atoms with Crippen LogP contribution in [0.4, 0.5) is 4.39 Å². The minimum Gasteiger partial charge on any atom is -0.460 e. The molecule has 0 aliphatic carbocycles. The van der Waals surface area contributed by atoms with Crippen LogP contribution in [0.1, 0.15) is 19.6 Å². The van der Waals surface area contributed by atoms with E-state index in [0.29, 0.717) is 27.9 Å². The molecule has 1 aromatic heterocycles. The van der Waals surface area contributed by atoms with Gasteiger partial charge in [0.05, 0.1) is 10.9 Å². The molecule has 0 spiro atoms. The van der Waals surface area contributed by atoms with Crippen LogP contribution in [0.2, 0.25) is 0 Å². The van der Waals surface area contributed by atoms with Gasteiger partial charge < -0.3 is 14.9 Å². The number of fused-ring (bicyclic) bond motifs is 1. The quantitative estimate of drug-likeness (QED) is 0.559. The minimum absolute atomic E-state index is 0.0589. The maximum absolute atomic E-state index is 13.2. The molecule has 1 unspecified atom stereocenters. The van der Waals surface area contributed by atoms with E-state index >= 15 is 0 Å². The summed E-state index contributed by atoms with van der Waals surface area (Å²) < 4.78 is 24.2. The van der Waals surface area contributed by atoms with E-state index in [2.05, 4.69) is 0 Å². The van der Waals surface area contributed by atoms with Crippen LogP contribution in [-0.2, 0) is 4.79 Å². The standard InChI is InChI=1S/C21H20FNO4/c1-11(2)19(23)21(25)27-15-8-9-16-17(10-15)26-12(3)18(20(16)24)13-4-6-14(22)7-5-13/h4-11,19H,23H2,1-3H3. The van der Waals surface area contributed by atoms with Crippen molar-refractivity contribution in [2.75, 3.05) is 0 Å². The third-order valence-corrected chi connectivity index (χ3v) is 4.38. The average Bonchev–Trinajstić information content (AvgIpc) is 2.62. The van der Waals surface area contributed by atoms with Gasteiger partial charge in [0.1, 0.15) is 29.0 Å². The van der Waals surface area contributed by atoms with Crippen LogP contribution in [0, 0.1) is 18.7 Å². The summed E-state index contributed by atoms with van der Waals surface area (Å²) in [6, 6.07) is 9.45. The predicted octanol–water partition coefficient (Wildman–Crippen LogP) is 3.80. The van der Waals surface area contributed by atoms with Crippen molar-refractivity contribution < 1.29 is 18.3 Å². The molecule has 2 N–H and O–H groups in total. The fourth-order valence-electron chi connectivity index (χ4n) is 2.76. The number of carbonyl (C=O) groups is 1. The van der Waals surface area contributed by atoms with Gasteiger partial charge in [-0.25, -0.2) is 9.18 Å². The van der Waals surface area contributed by atoms with Crippen molar-refractivity contribution in [1.29, 1.82) is 0 Å². The van der Waals surface area contributed by atoms with Gasteiger partial charge in [-0.2, -0.15) is 0 Å². The zero-order valence-electron chi connectivity index (χ0n) is 15.3. The van der Waals surface area contributed by atoms with E-state index in [9.17, 15) is 14.0 Å². The first-order chi connectivity index (χ1) is 12.8. The maximum Gasteiger partial charge on any atom is 0.328 e. The lowest BCUT2D eigenvalue weighted by molar-refractivity contribution is -0.136. The molecule has 1 heterocycles. The van der Waals surface area contributed by atoms with E-state index in [1.807, 2.05) is 13.8 Å². The number of hydrogen-bond acceptors (Lipinski definition) is 5. The molecule has 3 aromatic rings. The molecule has 0 bridgehead atoms. The van der Waals surface area contributed by atoms with Crippen molar-refractivity contribution in [3.63, 3.8) is 0 Å². The second kappa shape index (κ2) is 7.32. The Morgan fingerprint density at radius 3 is 2.44 bits per heavy atom. The van der Waals surface area contributed by atoms with Crippen molar-refractivity contribution in [1.82, 2.24) is 0 Å². The molecule has 140 valence electrons. The van der Waals surface area contributed by atoms with E-state index in [1.54, 1.807) is 6.92 Å². The van der Waals surface area contributed by atoms with E-state index in [0.717, 1.165) is 0 Å². The minimum atomic E-state index is -0.740. The fraction of sp³-hybridized carbons (Fsp3) is 0.238. The summed E-state index contributed by atoms with van der Waals surface area (Å²) in [5, 5.41) is 0.341. The summed E-state index contributed by atoms with van der Waals surface area (Å²) in [7, 11) is 0. The monoisotopic (exact) mass is 369 g/mol. The molecule has 2 aromatic carbocycles. The number of benzene rings is 2. The highest BCUT2D eigenvalue weighted by atomic mass is 19.1. The second-order valence-corrected chi connectivity index (χ2v) is 6.72. The molecule has 3 rings (SSSR count). The van der Waals surface area contributed by atoms with Gasteiger partial charge in [-0.15, -0.1) is 0 Å². The van der Waals surface area contributed by atoms with Gasteiger partial charge in [0.25, 0.3) is 0 Å². The Labute approximate surface area is 155 Å². The lowest BCUT2D eigenvalue weighted by Crippen LogP contribution is -2.38. The largest absolute Gasteiger partial charge is 0.460 e. The van der Waals surface area contributed by atoms with E-state index in [4.69, 9.17) is 14.9 Å². The molecule has 1 atom stereocenters. The molecule has 0 fully saturated rings. The van der Waals surface area contributed by atoms with Gasteiger partial charge in [-0.05, 0) is 42.7 Å². The highest BCUT2D eigenvalue weighted by Gasteiger charge is 2.20. The average molecular weight is 369 g/mol. The van der Waals surface area contributed by atoms with Crippen LogP contribution < -0.4 is 15.9 Å². The van der Waals surface area contributed by atoms with E-state index in [-0.39, 0.29) is 22.9 Å². The third kappa shape index (κ3) is 3.75. The predicted molar refractivity (Wildman–Crippen MR) is 101 cm³/mol. The lowest BCUT2D eigenvalue weighted by atomic mass is 10.0. The molecular weight excluding hydrogens is 349 g/mol. The number of esters is 1. The molecule has 6 heteroatoms. The molecular formula is C21H20FNO4. The first-order valence-corrected chi connectivity index (χ1v) is 8.58. The molecule has 0 saturated heterocycles. The van der Waals surface area contributed by atoms with Crippen molar-refractivity contribution in [3.8, 4) is 16.9 Å². The number of halogens is 1. The van der Waals surface area contributed by atoms with Gasteiger partial charge in [0.15, 0.2) is 0 Å². The van der Waals surface area contributed by atoms with E-state index in [1.165, 1.54) is 42.5 Å². The molecule has 0 radical (unpaired) electrons. The van der Waals surface area contributed by atoms with E-state index < -0.39 is 12.0 Å². The highest BCUT2D eigenvalue weighted by molar-refractivity contribution is 5.85. The van der Waals surface area contributed by atoms with Crippen molar-refractivity contribution in [3.05, 3.63) is 64.3 Å².